The smallest absolute Gasteiger partial charge is 0.234 e. The van der Waals surface area contributed by atoms with E-state index in [0.717, 1.165) is 54.8 Å². The van der Waals surface area contributed by atoms with Gasteiger partial charge >= 0.3 is 0 Å². The molecule has 0 atom stereocenters. The van der Waals surface area contributed by atoms with E-state index < -0.39 is 0 Å². The van der Waals surface area contributed by atoms with Gasteiger partial charge in [0.2, 0.25) is 12.7 Å². The predicted molar refractivity (Wildman–Crippen MR) is 108 cm³/mol. The zero-order chi connectivity index (χ0) is 19.3. The van der Waals surface area contributed by atoms with Gasteiger partial charge in [0.25, 0.3) is 0 Å². The molecule has 2 aliphatic rings. The molecular formula is C21H24ClN3O3. The average Bonchev–Trinajstić information content (AvgIpc) is 3.16. The first-order valence-electron chi connectivity index (χ1n) is 9.50. The molecule has 0 spiro atoms. The number of amides is 1. The van der Waals surface area contributed by atoms with Gasteiger partial charge in [0.1, 0.15) is 0 Å². The van der Waals surface area contributed by atoms with Gasteiger partial charge in [-0.3, -0.25) is 14.6 Å². The van der Waals surface area contributed by atoms with Gasteiger partial charge in [0, 0.05) is 44.3 Å². The van der Waals surface area contributed by atoms with E-state index in [1.54, 1.807) is 0 Å². The molecule has 2 aromatic carbocycles. The summed E-state index contributed by atoms with van der Waals surface area (Å²) in [5, 5.41) is 3.76. The number of hydrogen-bond acceptors (Lipinski definition) is 5. The fraction of sp³-hybridized carbons (Fsp3) is 0.381. The highest BCUT2D eigenvalue weighted by Crippen LogP contribution is 2.32. The number of piperazine rings is 1. The molecule has 28 heavy (non-hydrogen) atoms. The lowest BCUT2D eigenvalue weighted by atomic mass is 10.2. The van der Waals surface area contributed by atoms with Gasteiger partial charge in [0.15, 0.2) is 11.5 Å². The Labute approximate surface area is 170 Å². The minimum absolute atomic E-state index is 0.0426. The topological polar surface area (TPSA) is 54.0 Å². The summed E-state index contributed by atoms with van der Waals surface area (Å²) in [5.41, 5.74) is 2.23. The molecule has 0 aromatic heterocycles. The molecule has 0 bridgehead atoms. The number of halogens is 1. The third kappa shape index (κ3) is 4.95. The maximum absolute atomic E-state index is 12.3. The van der Waals surface area contributed by atoms with E-state index in [-0.39, 0.29) is 12.7 Å². The number of carbonyl (C=O) groups excluding carboxylic acids is 1. The lowest BCUT2D eigenvalue weighted by Gasteiger charge is -2.34. The fourth-order valence-electron chi connectivity index (χ4n) is 3.51. The van der Waals surface area contributed by atoms with Gasteiger partial charge in [0.05, 0.1) is 6.54 Å². The van der Waals surface area contributed by atoms with E-state index in [4.69, 9.17) is 21.1 Å². The lowest BCUT2D eigenvalue weighted by Crippen LogP contribution is -2.49. The summed E-state index contributed by atoms with van der Waals surface area (Å²) in [6.45, 7) is 5.73. The van der Waals surface area contributed by atoms with Crippen LogP contribution in [0.4, 0.5) is 0 Å². The molecule has 148 valence electrons. The highest BCUT2D eigenvalue weighted by Gasteiger charge is 2.19. The van der Waals surface area contributed by atoms with Crippen LogP contribution in [0.2, 0.25) is 5.02 Å². The second-order valence-corrected chi connectivity index (χ2v) is 7.58. The van der Waals surface area contributed by atoms with Crippen molar-refractivity contribution in [3.63, 3.8) is 0 Å². The van der Waals surface area contributed by atoms with Crippen LogP contribution < -0.4 is 14.8 Å². The molecule has 1 amide bonds. The van der Waals surface area contributed by atoms with Crippen LogP contribution >= 0.6 is 11.6 Å². The number of rotatable bonds is 6. The molecule has 0 saturated carbocycles. The summed E-state index contributed by atoms with van der Waals surface area (Å²) in [5.74, 6) is 1.54. The van der Waals surface area contributed by atoms with Crippen molar-refractivity contribution in [2.75, 3.05) is 39.5 Å². The molecule has 0 unspecified atom stereocenters. The van der Waals surface area contributed by atoms with E-state index in [0.29, 0.717) is 13.1 Å². The molecule has 0 aliphatic carbocycles. The third-order valence-electron chi connectivity index (χ3n) is 5.05. The Kier molecular flexibility index (Phi) is 6.00. The normalized spacial score (nSPS) is 16.9. The van der Waals surface area contributed by atoms with Crippen molar-refractivity contribution in [3.05, 3.63) is 58.6 Å². The number of carbonyl (C=O) groups is 1. The van der Waals surface area contributed by atoms with Gasteiger partial charge in [-0.15, -0.1) is 0 Å². The zero-order valence-electron chi connectivity index (χ0n) is 15.7. The van der Waals surface area contributed by atoms with Crippen molar-refractivity contribution in [1.82, 2.24) is 15.1 Å². The summed E-state index contributed by atoms with van der Waals surface area (Å²) in [4.78, 5) is 16.9. The van der Waals surface area contributed by atoms with E-state index in [1.165, 1.54) is 5.56 Å². The van der Waals surface area contributed by atoms with Crippen molar-refractivity contribution < 1.29 is 14.3 Å². The molecule has 2 aromatic rings. The highest BCUT2D eigenvalue weighted by molar-refractivity contribution is 6.30. The lowest BCUT2D eigenvalue weighted by molar-refractivity contribution is -0.122. The largest absolute Gasteiger partial charge is 0.454 e. The van der Waals surface area contributed by atoms with Crippen LogP contribution in [-0.4, -0.2) is 55.2 Å². The van der Waals surface area contributed by atoms with Crippen LogP contribution in [-0.2, 0) is 17.9 Å². The molecule has 7 heteroatoms. The number of nitrogens with one attached hydrogen (secondary N) is 1. The molecule has 1 fully saturated rings. The summed E-state index contributed by atoms with van der Waals surface area (Å²) >= 11 is 6.06. The van der Waals surface area contributed by atoms with Gasteiger partial charge in [-0.1, -0.05) is 29.8 Å². The number of fused-ring (bicyclic) bond motifs is 1. The minimum atomic E-state index is 0.0426. The first-order valence-corrected chi connectivity index (χ1v) is 9.88. The Hall–Kier alpha value is -2.28. The van der Waals surface area contributed by atoms with Gasteiger partial charge in [-0.05, 0) is 35.4 Å². The van der Waals surface area contributed by atoms with Crippen LogP contribution in [0.5, 0.6) is 11.5 Å². The van der Waals surface area contributed by atoms with Crippen LogP contribution in [0.1, 0.15) is 11.1 Å². The second-order valence-electron chi connectivity index (χ2n) is 7.15. The van der Waals surface area contributed by atoms with Crippen LogP contribution in [0, 0.1) is 0 Å². The Balaban J connectivity index is 1.19. The van der Waals surface area contributed by atoms with Crippen molar-refractivity contribution >= 4 is 17.5 Å². The third-order valence-corrected chi connectivity index (χ3v) is 5.29. The molecule has 4 rings (SSSR count). The van der Waals surface area contributed by atoms with Crippen LogP contribution in [0.25, 0.3) is 0 Å². The summed E-state index contributed by atoms with van der Waals surface area (Å²) in [6, 6.07) is 13.7. The van der Waals surface area contributed by atoms with Crippen LogP contribution in [0.3, 0.4) is 0 Å². The summed E-state index contributed by atoms with van der Waals surface area (Å²) in [6.07, 6.45) is 0. The monoisotopic (exact) mass is 401 g/mol. The van der Waals surface area contributed by atoms with Gasteiger partial charge in [-0.25, -0.2) is 0 Å². The fourth-order valence-corrected chi connectivity index (χ4v) is 3.72. The Morgan fingerprint density at radius 2 is 1.75 bits per heavy atom. The van der Waals surface area contributed by atoms with Gasteiger partial charge in [-0.2, -0.15) is 0 Å². The number of nitrogens with zero attached hydrogens (tertiary/aromatic N) is 2. The van der Waals surface area contributed by atoms with Crippen molar-refractivity contribution in [2.45, 2.75) is 13.1 Å². The van der Waals surface area contributed by atoms with Crippen LogP contribution in [0.15, 0.2) is 42.5 Å². The maximum Gasteiger partial charge on any atom is 0.234 e. The number of benzene rings is 2. The number of ether oxygens (including phenoxy) is 2. The minimum Gasteiger partial charge on any atom is -0.454 e. The predicted octanol–water partition coefficient (Wildman–Crippen LogP) is 2.50. The summed E-state index contributed by atoms with van der Waals surface area (Å²) in [7, 11) is 0. The van der Waals surface area contributed by atoms with Crippen molar-refractivity contribution in [1.29, 1.82) is 0 Å². The molecular weight excluding hydrogens is 378 g/mol. The quantitative estimate of drug-likeness (QED) is 0.806. The van der Waals surface area contributed by atoms with E-state index in [2.05, 4.69) is 21.2 Å². The Bertz CT molecular complexity index is 837. The molecule has 2 aliphatic heterocycles. The van der Waals surface area contributed by atoms with Crippen molar-refractivity contribution in [3.8, 4) is 11.5 Å². The van der Waals surface area contributed by atoms with E-state index in [1.807, 2.05) is 36.4 Å². The van der Waals surface area contributed by atoms with E-state index >= 15 is 0 Å². The first kappa shape index (κ1) is 19.1. The molecule has 1 N–H and O–H groups in total. The standard InChI is InChI=1S/C21H24ClN3O3/c22-18-3-1-2-17(10-18)13-24-6-8-25(9-7-24)14-21(26)23-12-16-4-5-19-20(11-16)28-15-27-19/h1-5,10-11H,6-9,12-15H2,(H,23,26). The SMILES string of the molecule is O=C(CN1CCN(Cc2cccc(Cl)c2)CC1)NCc1ccc2c(c1)OCO2. The summed E-state index contributed by atoms with van der Waals surface area (Å²) < 4.78 is 10.7. The molecule has 1 saturated heterocycles. The average molecular weight is 402 g/mol. The number of hydrogen-bond donors (Lipinski definition) is 1. The highest BCUT2D eigenvalue weighted by atomic mass is 35.5. The maximum atomic E-state index is 12.3. The zero-order valence-corrected chi connectivity index (χ0v) is 16.5. The van der Waals surface area contributed by atoms with Crippen molar-refractivity contribution in [2.24, 2.45) is 0 Å². The Morgan fingerprint density at radius 1 is 0.964 bits per heavy atom. The first-order chi connectivity index (χ1) is 13.7. The van der Waals surface area contributed by atoms with E-state index in [9.17, 15) is 4.79 Å². The van der Waals surface area contributed by atoms with Gasteiger partial charge < -0.3 is 14.8 Å². The Morgan fingerprint density at radius 3 is 2.57 bits per heavy atom. The second kappa shape index (κ2) is 8.82. The molecule has 2 heterocycles. The molecule has 0 radical (unpaired) electrons. The molecule has 6 nitrogen and oxygen atoms in total.